The number of rotatable bonds is 15. The Kier molecular flexibility index (Phi) is 10.5. The summed E-state index contributed by atoms with van der Waals surface area (Å²) in [5, 5.41) is 11.5. The average Bonchev–Trinajstić information content (AvgIpc) is 3.71. The minimum absolute atomic E-state index is 0.0393. The predicted octanol–water partition coefficient (Wildman–Crippen LogP) is 6.48. The zero-order valence-electron chi connectivity index (χ0n) is 28.5. The van der Waals surface area contributed by atoms with Gasteiger partial charge in [0.25, 0.3) is 5.91 Å². The van der Waals surface area contributed by atoms with E-state index in [1.165, 1.54) is 0 Å². The van der Waals surface area contributed by atoms with Crippen LogP contribution in [0.25, 0.3) is 10.8 Å². The van der Waals surface area contributed by atoms with Crippen LogP contribution in [0.4, 0.5) is 11.4 Å². The van der Waals surface area contributed by atoms with Gasteiger partial charge in [-0.3, -0.25) is 14.4 Å². The number of anilines is 2. The van der Waals surface area contributed by atoms with E-state index in [1.807, 2.05) is 73.7 Å². The number of benzene rings is 3. The quantitative estimate of drug-likeness (QED) is 0.146. The van der Waals surface area contributed by atoms with Gasteiger partial charge in [0.15, 0.2) is 0 Å². The normalized spacial score (nSPS) is 25.3. The Labute approximate surface area is 293 Å². The molecule has 0 aromatic heterocycles. The molecule has 1 spiro atoms. The molecule has 3 heterocycles. The van der Waals surface area contributed by atoms with E-state index in [1.54, 1.807) is 38.6 Å². The van der Waals surface area contributed by atoms with Crippen molar-refractivity contribution in [3.8, 4) is 5.75 Å². The van der Waals surface area contributed by atoms with E-state index in [-0.39, 0.29) is 42.0 Å². The molecule has 3 amide bonds. The van der Waals surface area contributed by atoms with Crippen LogP contribution in [0.5, 0.6) is 5.75 Å². The summed E-state index contributed by atoms with van der Waals surface area (Å²) >= 11 is 1.69. The van der Waals surface area contributed by atoms with Crippen molar-refractivity contribution < 1.29 is 24.2 Å². The largest absolute Gasteiger partial charge is 0.494 e. The van der Waals surface area contributed by atoms with Gasteiger partial charge >= 0.3 is 0 Å². The Hall–Kier alpha value is -4.08. The van der Waals surface area contributed by atoms with Gasteiger partial charge in [-0.2, -0.15) is 0 Å². The fourth-order valence-electron chi connectivity index (χ4n) is 8.36. The third-order valence-corrected chi connectivity index (χ3v) is 12.6. The number of thioether (sulfide) groups is 1. The molecular formula is C40H47N3O5S. The minimum Gasteiger partial charge on any atom is -0.494 e. The second kappa shape index (κ2) is 14.8. The molecule has 1 N–H and O–H groups in total. The molecule has 0 radical (unpaired) electrons. The molecule has 0 saturated carbocycles. The Morgan fingerprint density at radius 2 is 1.63 bits per heavy atom. The molecule has 2 bridgehead atoms. The van der Waals surface area contributed by atoms with Crippen LogP contribution in [-0.2, 0) is 14.4 Å². The standard InChI is InChI=1S/C40H47N3O5S/c1-5-21-41(30-17-19-32(20-18-30)48-7-3)37(45)34-33-25-27(4)40(49-33)35(34)38(46)43(23-11-8-12-24-44)36(40)39(47)42(22-6-2)31-16-15-28-13-9-10-14-29(28)26-31/h5-6,9-10,13-20,26-27,33-36,44H,1-2,7-8,11-12,21-25H2,3-4H3/t27?,33-,34+,35+,36?,40?/m1/s1. The maximum atomic E-state index is 15.1. The van der Waals surface area contributed by atoms with Crippen LogP contribution in [-0.4, -0.2) is 76.6 Å². The summed E-state index contributed by atoms with van der Waals surface area (Å²) in [5.74, 6) is -0.827. The third kappa shape index (κ3) is 6.16. The van der Waals surface area contributed by atoms with Crippen molar-refractivity contribution in [1.29, 1.82) is 0 Å². The fourth-order valence-corrected chi connectivity index (χ4v) is 10.8. The second-order valence-corrected chi connectivity index (χ2v) is 14.9. The lowest BCUT2D eigenvalue weighted by Crippen LogP contribution is -2.57. The van der Waals surface area contributed by atoms with Gasteiger partial charge in [-0.05, 0) is 85.7 Å². The molecular weight excluding hydrogens is 635 g/mol. The summed E-state index contributed by atoms with van der Waals surface area (Å²) < 4.78 is 4.87. The molecule has 9 heteroatoms. The predicted molar refractivity (Wildman–Crippen MR) is 198 cm³/mol. The Balaban J connectivity index is 1.40. The summed E-state index contributed by atoms with van der Waals surface area (Å²) in [6, 6.07) is 20.8. The van der Waals surface area contributed by atoms with Gasteiger partial charge in [0.1, 0.15) is 11.8 Å². The highest BCUT2D eigenvalue weighted by molar-refractivity contribution is 8.02. The van der Waals surface area contributed by atoms with Crippen LogP contribution in [0, 0.1) is 17.8 Å². The SMILES string of the molecule is C=CCN(C(=O)C1N(CCCCCO)C(=O)[C@@H]2[C@@H](C(=O)N(CC=C)c3ccc(OCC)cc3)[C@H]3CC(C)C12S3)c1ccc2ccccc2c1. The first-order valence-corrected chi connectivity index (χ1v) is 18.3. The number of ether oxygens (including phenoxy) is 1. The van der Waals surface area contributed by atoms with Crippen molar-refractivity contribution in [3.05, 3.63) is 92.0 Å². The molecule has 3 aromatic carbocycles. The van der Waals surface area contributed by atoms with Crippen LogP contribution in [0.1, 0.15) is 39.5 Å². The van der Waals surface area contributed by atoms with Crippen molar-refractivity contribution in [2.75, 3.05) is 42.6 Å². The number of carbonyl (C=O) groups excluding carboxylic acids is 3. The molecule has 3 saturated heterocycles. The second-order valence-electron chi connectivity index (χ2n) is 13.3. The number of hydrogen-bond acceptors (Lipinski definition) is 6. The van der Waals surface area contributed by atoms with Gasteiger partial charge in [-0.15, -0.1) is 24.9 Å². The number of likely N-dealkylation sites (tertiary alicyclic amines) is 1. The first-order chi connectivity index (χ1) is 23.8. The lowest BCUT2D eigenvalue weighted by Gasteiger charge is -2.41. The van der Waals surface area contributed by atoms with Gasteiger partial charge in [0.2, 0.25) is 11.8 Å². The van der Waals surface area contributed by atoms with Gasteiger partial charge in [0.05, 0.1) is 23.2 Å². The number of aliphatic hydroxyl groups is 1. The third-order valence-electron chi connectivity index (χ3n) is 10.5. The first kappa shape index (κ1) is 34.8. The van der Waals surface area contributed by atoms with Crippen LogP contribution in [0.3, 0.4) is 0 Å². The van der Waals surface area contributed by atoms with Gasteiger partial charge in [-0.1, -0.05) is 49.4 Å². The highest BCUT2D eigenvalue weighted by Gasteiger charge is 2.76. The van der Waals surface area contributed by atoms with Gasteiger partial charge in [0, 0.05) is 42.9 Å². The summed E-state index contributed by atoms with van der Waals surface area (Å²) in [6.07, 6.45) is 6.20. The zero-order valence-corrected chi connectivity index (χ0v) is 29.3. The minimum atomic E-state index is -0.759. The number of amides is 3. The zero-order chi connectivity index (χ0) is 34.7. The van der Waals surface area contributed by atoms with E-state index in [9.17, 15) is 14.7 Å². The topological polar surface area (TPSA) is 90.4 Å². The maximum absolute atomic E-state index is 15.1. The molecule has 6 rings (SSSR count). The Bertz CT molecular complexity index is 1710. The molecule has 258 valence electrons. The highest BCUT2D eigenvalue weighted by atomic mass is 32.2. The van der Waals surface area contributed by atoms with Crippen molar-refractivity contribution in [3.63, 3.8) is 0 Å². The summed E-state index contributed by atoms with van der Waals surface area (Å²) in [6.45, 7) is 13.6. The van der Waals surface area contributed by atoms with Crippen LogP contribution < -0.4 is 14.5 Å². The van der Waals surface area contributed by atoms with E-state index in [0.29, 0.717) is 32.5 Å². The van der Waals surface area contributed by atoms with Gasteiger partial charge < -0.3 is 24.5 Å². The summed E-state index contributed by atoms with van der Waals surface area (Å²) in [7, 11) is 0. The Morgan fingerprint density at radius 3 is 2.31 bits per heavy atom. The van der Waals surface area contributed by atoms with E-state index < -0.39 is 22.6 Å². The number of aliphatic hydroxyl groups excluding tert-OH is 1. The van der Waals surface area contributed by atoms with E-state index in [2.05, 4.69) is 20.1 Å². The smallest absolute Gasteiger partial charge is 0.251 e. The summed E-state index contributed by atoms with van der Waals surface area (Å²) in [5.41, 5.74) is 1.47. The molecule has 3 aliphatic rings. The number of nitrogens with zero attached hydrogens (tertiary/aromatic N) is 3. The molecule has 8 nitrogen and oxygen atoms in total. The van der Waals surface area contributed by atoms with Crippen LogP contribution >= 0.6 is 11.8 Å². The van der Waals surface area contributed by atoms with Crippen LogP contribution in [0.15, 0.2) is 92.0 Å². The number of unbranched alkanes of at least 4 members (excludes halogenated alkanes) is 2. The van der Waals surface area contributed by atoms with E-state index >= 15 is 4.79 Å². The average molecular weight is 682 g/mol. The number of fused-ring (bicyclic) bond motifs is 2. The molecule has 6 atom stereocenters. The van der Waals surface area contributed by atoms with Crippen molar-refractivity contribution >= 4 is 51.6 Å². The van der Waals surface area contributed by atoms with E-state index in [0.717, 1.165) is 40.7 Å². The number of hydrogen-bond donors (Lipinski definition) is 1. The maximum Gasteiger partial charge on any atom is 0.251 e. The number of carbonyl (C=O) groups is 3. The van der Waals surface area contributed by atoms with Crippen molar-refractivity contribution in [2.45, 2.75) is 55.6 Å². The molecule has 3 fully saturated rings. The van der Waals surface area contributed by atoms with Crippen molar-refractivity contribution in [1.82, 2.24) is 4.90 Å². The first-order valence-electron chi connectivity index (χ1n) is 17.5. The lowest BCUT2D eigenvalue weighted by atomic mass is 9.65. The molecule has 0 aliphatic carbocycles. The van der Waals surface area contributed by atoms with Crippen LogP contribution in [0.2, 0.25) is 0 Å². The Morgan fingerprint density at radius 1 is 0.959 bits per heavy atom. The highest BCUT2D eigenvalue weighted by Crippen LogP contribution is 2.69. The molecule has 3 aliphatic heterocycles. The monoisotopic (exact) mass is 681 g/mol. The molecule has 3 aromatic rings. The molecule has 49 heavy (non-hydrogen) atoms. The fraction of sp³-hybridized carbons (Fsp3) is 0.425. The lowest BCUT2D eigenvalue weighted by molar-refractivity contribution is -0.139. The summed E-state index contributed by atoms with van der Waals surface area (Å²) in [4.78, 5) is 49.9. The van der Waals surface area contributed by atoms with Gasteiger partial charge in [-0.25, -0.2) is 0 Å². The van der Waals surface area contributed by atoms with Crippen molar-refractivity contribution in [2.24, 2.45) is 17.8 Å². The van der Waals surface area contributed by atoms with E-state index in [4.69, 9.17) is 4.74 Å². The molecule has 3 unspecified atom stereocenters.